The molecule has 1 aromatic rings. The minimum Gasteiger partial charge on any atom is -0.414 e. The summed E-state index contributed by atoms with van der Waals surface area (Å²) in [6, 6.07) is 8.05. The predicted molar refractivity (Wildman–Crippen MR) is 118 cm³/mol. The maximum atomic E-state index is 13.5. The van der Waals surface area contributed by atoms with Gasteiger partial charge in [-0.3, -0.25) is 4.79 Å². The first-order chi connectivity index (χ1) is 14.8. The van der Waals surface area contributed by atoms with Crippen LogP contribution in [0.4, 0.5) is 4.79 Å². The van der Waals surface area contributed by atoms with Crippen molar-refractivity contribution in [1.29, 1.82) is 5.26 Å². The highest BCUT2D eigenvalue weighted by atomic mass is 16.6. The van der Waals surface area contributed by atoms with E-state index in [1.165, 1.54) is 4.90 Å². The summed E-state index contributed by atoms with van der Waals surface area (Å²) in [5.41, 5.74) is 3.22. The van der Waals surface area contributed by atoms with Gasteiger partial charge >= 0.3 is 6.09 Å². The second kappa shape index (κ2) is 9.65. The lowest BCUT2D eigenvalue weighted by atomic mass is 9.64. The van der Waals surface area contributed by atoms with E-state index in [4.69, 9.17) is 14.7 Å². The minimum absolute atomic E-state index is 0.0401. The maximum absolute atomic E-state index is 13.5. The molecular formula is C25H32N2O4. The summed E-state index contributed by atoms with van der Waals surface area (Å²) in [6.07, 6.45) is 4.54. The molecule has 0 bridgehead atoms. The third kappa shape index (κ3) is 5.16. The largest absolute Gasteiger partial charge is 0.414 e. The average Bonchev–Trinajstić information content (AvgIpc) is 2.74. The van der Waals surface area contributed by atoms with E-state index >= 15 is 0 Å². The zero-order valence-corrected chi connectivity index (χ0v) is 19.0. The number of methoxy groups -OCH3 is 1. The quantitative estimate of drug-likeness (QED) is 0.669. The molecule has 1 spiro atoms. The average molecular weight is 425 g/mol. The molecule has 1 aromatic carbocycles. The SMILES string of the molecule is COC1CCC2(CC1)CC(=O)C(c1cc(C)ccc1C)=C(OC(=O)N(C)CCC#N)C2. The lowest BCUT2D eigenvalue weighted by molar-refractivity contribution is -0.118. The van der Waals surface area contributed by atoms with Crippen LogP contribution in [-0.4, -0.2) is 43.6 Å². The van der Waals surface area contributed by atoms with E-state index in [9.17, 15) is 9.59 Å². The molecule has 0 aliphatic heterocycles. The molecule has 6 nitrogen and oxygen atoms in total. The Morgan fingerprint density at radius 3 is 2.61 bits per heavy atom. The number of benzene rings is 1. The van der Waals surface area contributed by atoms with E-state index in [1.54, 1.807) is 14.2 Å². The number of ether oxygens (including phenoxy) is 2. The third-order valence-corrected chi connectivity index (χ3v) is 6.70. The molecule has 0 heterocycles. The molecule has 2 aliphatic rings. The summed E-state index contributed by atoms with van der Waals surface area (Å²) in [4.78, 5) is 27.6. The summed E-state index contributed by atoms with van der Waals surface area (Å²) < 4.78 is 11.4. The first kappa shape index (κ1) is 23.0. The second-order valence-corrected chi connectivity index (χ2v) is 9.03. The monoisotopic (exact) mass is 424 g/mol. The van der Waals surface area contributed by atoms with Crippen LogP contribution in [0.3, 0.4) is 0 Å². The first-order valence-corrected chi connectivity index (χ1v) is 11.0. The molecule has 0 radical (unpaired) electrons. The predicted octanol–water partition coefficient (Wildman–Crippen LogP) is 4.93. The fraction of sp³-hybridized carbons (Fsp3) is 0.560. The van der Waals surface area contributed by atoms with E-state index in [1.807, 2.05) is 38.1 Å². The molecule has 31 heavy (non-hydrogen) atoms. The highest BCUT2D eigenvalue weighted by Crippen LogP contribution is 2.50. The molecule has 0 saturated heterocycles. The van der Waals surface area contributed by atoms with Gasteiger partial charge in [-0.15, -0.1) is 0 Å². The Hall–Kier alpha value is -2.65. The first-order valence-electron chi connectivity index (χ1n) is 11.0. The van der Waals surface area contributed by atoms with E-state index in [-0.39, 0.29) is 30.3 Å². The smallest absolute Gasteiger partial charge is 0.414 e. The minimum atomic E-state index is -0.525. The topological polar surface area (TPSA) is 79.6 Å². The fourth-order valence-corrected chi connectivity index (χ4v) is 4.75. The Kier molecular flexibility index (Phi) is 7.17. The van der Waals surface area contributed by atoms with Crippen molar-refractivity contribution in [3.63, 3.8) is 0 Å². The summed E-state index contributed by atoms with van der Waals surface area (Å²) in [5.74, 6) is 0.507. The second-order valence-electron chi connectivity index (χ2n) is 9.03. The molecule has 1 fully saturated rings. The number of hydrogen-bond acceptors (Lipinski definition) is 5. The number of nitrogens with zero attached hydrogens (tertiary/aromatic N) is 2. The zero-order valence-electron chi connectivity index (χ0n) is 19.0. The lowest BCUT2D eigenvalue weighted by Crippen LogP contribution is -2.38. The summed E-state index contributed by atoms with van der Waals surface area (Å²) >= 11 is 0. The number of amides is 1. The fourth-order valence-electron chi connectivity index (χ4n) is 4.75. The van der Waals surface area contributed by atoms with Gasteiger partial charge in [0.2, 0.25) is 0 Å². The van der Waals surface area contributed by atoms with Crippen molar-refractivity contribution >= 4 is 17.4 Å². The summed E-state index contributed by atoms with van der Waals surface area (Å²) in [5, 5.41) is 8.82. The Morgan fingerprint density at radius 1 is 1.26 bits per heavy atom. The highest BCUT2D eigenvalue weighted by molar-refractivity contribution is 6.22. The van der Waals surface area contributed by atoms with Crippen LogP contribution in [0.25, 0.3) is 5.57 Å². The van der Waals surface area contributed by atoms with Crippen molar-refractivity contribution in [2.45, 2.75) is 64.9 Å². The van der Waals surface area contributed by atoms with Crippen molar-refractivity contribution in [1.82, 2.24) is 4.90 Å². The number of carbonyl (C=O) groups is 2. The molecule has 1 amide bonds. The van der Waals surface area contributed by atoms with Gasteiger partial charge in [0.1, 0.15) is 5.76 Å². The number of nitriles is 1. The van der Waals surface area contributed by atoms with Gasteiger partial charge in [-0.1, -0.05) is 23.8 Å². The van der Waals surface area contributed by atoms with Crippen molar-refractivity contribution in [3.8, 4) is 6.07 Å². The van der Waals surface area contributed by atoms with Crippen molar-refractivity contribution in [3.05, 3.63) is 40.6 Å². The van der Waals surface area contributed by atoms with Gasteiger partial charge in [0, 0.05) is 33.5 Å². The molecule has 6 heteroatoms. The van der Waals surface area contributed by atoms with Gasteiger partial charge in [0.15, 0.2) is 5.78 Å². The van der Waals surface area contributed by atoms with Crippen LogP contribution in [0.5, 0.6) is 0 Å². The Labute approximate surface area is 184 Å². The zero-order chi connectivity index (χ0) is 22.6. The molecule has 166 valence electrons. The number of ketones is 1. The normalized spacial score (nSPS) is 23.6. The van der Waals surface area contributed by atoms with Gasteiger partial charge in [-0.2, -0.15) is 5.26 Å². The van der Waals surface area contributed by atoms with Crippen molar-refractivity contribution < 1.29 is 19.1 Å². The molecule has 3 rings (SSSR count). The molecular weight excluding hydrogens is 392 g/mol. The number of carbonyl (C=O) groups excluding carboxylic acids is 2. The van der Waals surface area contributed by atoms with Gasteiger partial charge in [-0.25, -0.2) is 4.79 Å². The van der Waals surface area contributed by atoms with Crippen LogP contribution in [0, 0.1) is 30.6 Å². The summed E-state index contributed by atoms with van der Waals surface area (Å²) in [6.45, 7) is 4.25. The van der Waals surface area contributed by atoms with Crippen LogP contribution in [0.2, 0.25) is 0 Å². The maximum Gasteiger partial charge on any atom is 0.414 e. The van der Waals surface area contributed by atoms with Crippen LogP contribution in [0.15, 0.2) is 24.0 Å². The molecule has 0 N–H and O–H groups in total. The molecule has 2 aliphatic carbocycles. The third-order valence-electron chi connectivity index (χ3n) is 6.70. The highest BCUT2D eigenvalue weighted by Gasteiger charge is 2.44. The van der Waals surface area contributed by atoms with E-state index in [0.717, 1.165) is 42.4 Å². The van der Waals surface area contributed by atoms with E-state index < -0.39 is 6.09 Å². The molecule has 0 aromatic heterocycles. The van der Waals surface area contributed by atoms with Gasteiger partial charge in [0.25, 0.3) is 0 Å². The standard InChI is InChI=1S/C25H32N2O4/c1-17-6-7-18(2)20(14-17)23-21(28)15-25(10-8-19(30-4)9-11-25)16-22(23)31-24(29)27(3)13-5-12-26/h6-7,14,19H,5,8-11,13,15-16H2,1-4H3. The number of aryl methyl sites for hydroxylation is 2. The Morgan fingerprint density at radius 2 is 1.97 bits per heavy atom. The number of allylic oxidation sites excluding steroid dienone is 2. The van der Waals surface area contributed by atoms with Gasteiger partial charge < -0.3 is 14.4 Å². The molecule has 0 unspecified atom stereocenters. The van der Waals surface area contributed by atoms with E-state index in [0.29, 0.717) is 24.2 Å². The van der Waals surface area contributed by atoms with Crippen LogP contribution >= 0.6 is 0 Å². The summed E-state index contributed by atoms with van der Waals surface area (Å²) in [7, 11) is 3.35. The van der Waals surface area contributed by atoms with Crippen molar-refractivity contribution in [2.75, 3.05) is 20.7 Å². The number of Topliss-reactive ketones (excluding diaryl/α,β-unsaturated/α-hetero) is 1. The van der Waals surface area contributed by atoms with E-state index in [2.05, 4.69) is 0 Å². The van der Waals surface area contributed by atoms with Crippen molar-refractivity contribution in [2.24, 2.45) is 5.41 Å². The van der Waals surface area contributed by atoms with Gasteiger partial charge in [-0.05, 0) is 56.1 Å². The van der Waals surface area contributed by atoms with Crippen LogP contribution < -0.4 is 0 Å². The van der Waals surface area contributed by atoms with Crippen LogP contribution in [0.1, 0.15) is 61.6 Å². The molecule has 1 saturated carbocycles. The lowest BCUT2D eigenvalue weighted by Gasteiger charge is -2.42. The Balaban J connectivity index is 1.98. The van der Waals surface area contributed by atoms with Crippen LogP contribution in [-0.2, 0) is 14.3 Å². The number of rotatable bonds is 5. The molecule has 0 atom stereocenters. The number of hydrogen-bond donors (Lipinski definition) is 0. The Bertz CT molecular complexity index is 920. The van der Waals surface area contributed by atoms with Gasteiger partial charge in [0.05, 0.1) is 24.2 Å².